The third kappa shape index (κ3) is 7.91. The highest BCUT2D eigenvalue weighted by Gasteiger charge is 2.33. The van der Waals surface area contributed by atoms with Gasteiger partial charge in [-0.3, -0.25) is 13.9 Å². The van der Waals surface area contributed by atoms with Gasteiger partial charge in [0.1, 0.15) is 12.6 Å². The van der Waals surface area contributed by atoms with Gasteiger partial charge in [0.05, 0.1) is 10.6 Å². The van der Waals surface area contributed by atoms with Crippen molar-refractivity contribution in [3.05, 3.63) is 92.9 Å². The summed E-state index contributed by atoms with van der Waals surface area (Å²) in [6.07, 6.45) is 1.68. The highest BCUT2D eigenvalue weighted by molar-refractivity contribution is 7.92. The summed E-state index contributed by atoms with van der Waals surface area (Å²) in [4.78, 5) is 28.4. The molecule has 0 saturated heterocycles. The normalized spacial score (nSPS) is 12.1. The molecule has 3 rings (SSSR count). The summed E-state index contributed by atoms with van der Waals surface area (Å²) in [5, 5.41) is 3.91. The molecule has 1 atom stereocenters. The summed E-state index contributed by atoms with van der Waals surface area (Å²) < 4.78 is 28.8. The fraction of sp³-hybridized carbons (Fsp3) is 0.310. The van der Waals surface area contributed by atoms with Crippen LogP contribution >= 0.6 is 34.8 Å². The zero-order chi connectivity index (χ0) is 29.4. The summed E-state index contributed by atoms with van der Waals surface area (Å²) in [5.74, 6) is -0.952. The molecule has 3 aromatic carbocycles. The van der Waals surface area contributed by atoms with E-state index in [-0.39, 0.29) is 23.0 Å². The zero-order valence-corrected chi connectivity index (χ0v) is 25.6. The average Bonchev–Trinajstić information content (AvgIpc) is 2.92. The number of rotatable bonds is 12. The van der Waals surface area contributed by atoms with Crippen LogP contribution in [-0.4, -0.2) is 44.3 Å². The Kier molecular flexibility index (Phi) is 11.3. The molecule has 0 radical (unpaired) electrons. The number of hydrogen-bond donors (Lipinski definition) is 1. The minimum atomic E-state index is -4.19. The molecular weight excluding hydrogens is 593 g/mol. The van der Waals surface area contributed by atoms with Gasteiger partial charge >= 0.3 is 0 Å². The van der Waals surface area contributed by atoms with E-state index in [0.29, 0.717) is 32.7 Å². The molecule has 0 fully saturated rings. The van der Waals surface area contributed by atoms with Crippen molar-refractivity contribution in [1.29, 1.82) is 0 Å². The second-order valence-corrected chi connectivity index (χ2v) is 12.5. The second kappa shape index (κ2) is 14.2. The first-order chi connectivity index (χ1) is 18.9. The Morgan fingerprint density at radius 2 is 1.60 bits per heavy atom. The summed E-state index contributed by atoms with van der Waals surface area (Å²) in [6, 6.07) is 16.6. The molecule has 1 unspecified atom stereocenters. The van der Waals surface area contributed by atoms with E-state index in [1.54, 1.807) is 62.4 Å². The molecule has 0 aliphatic rings. The molecular formula is C29H32Cl3N3O4S. The van der Waals surface area contributed by atoms with E-state index in [2.05, 4.69) is 5.32 Å². The van der Waals surface area contributed by atoms with Gasteiger partial charge in [0, 0.05) is 28.2 Å². The molecule has 0 saturated carbocycles. The maximum absolute atomic E-state index is 14.0. The Morgan fingerprint density at radius 3 is 2.25 bits per heavy atom. The second-order valence-electron chi connectivity index (χ2n) is 9.33. The number of carbonyl (C=O) groups excluding carboxylic acids is 2. The van der Waals surface area contributed by atoms with E-state index in [1.165, 1.54) is 23.1 Å². The number of halogens is 3. The summed E-state index contributed by atoms with van der Waals surface area (Å²) >= 11 is 18.7. The largest absolute Gasteiger partial charge is 0.354 e. The molecule has 40 heavy (non-hydrogen) atoms. The molecule has 3 aromatic rings. The minimum absolute atomic E-state index is 0.0137. The van der Waals surface area contributed by atoms with Gasteiger partial charge in [0.15, 0.2) is 0 Å². The van der Waals surface area contributed by atoms with Crippen LogP contribution in [0.4, 0.5) is 5.69 Å². The van der Waals surface area contributed by atoms with Crippen molar-refractivity contribution in [2.45, 2.75) is 51.1 Å². The molecule has 0 aliphatic carbocycles. The Bertz CT molecular complexity index is 1450. The highest BCUT2D eigenvalue weighted by Crippen LogP contribution is 2.30. The number of nitrogens with zero attached hydrogens (tertiary/aromatic N) is 2. The molecule has 0 aliphatic heterocycles. The van der Waals surface area contributed by atoms with Crippen LogP contribution in [0.5, 0.6) is 0 Å². The fourth-order valence-electron chi connectivity index (χ4n) is 4.04. The molecule has 0 spiro atoms. The maximum atomic E-state index is 14.0. The lowest BCUT2D eigenvalue weighted by atomic mass is 10.1. The van der Waals surface area contributed by atoms with Crippen LogP contribution in [0.3, 0.4) is 0 Å². The van der Waals surface area contributed by atoms with Crippen molar-refractivity contribution in [2.24, 2.45) is 0 Å². The monoisotopic (exact) mass is 623 g/mol. The van der Waals surface area contributed by atoms with Crippen LogP contribution in [-0.2, 0) is 26.2 Å². The van der Waals surface area contributed by atoms with Gasteiger partial charge in [-0.1, -0.05) is 78.5 Å². The first kappa shape index (κ1) is 31.7. The zero-order valence-electron chi connectivity index (χ0n) is 22.5. The average molecular weight is 625 g/mol. The van der Waals surface area contributed by atoms with Crippen molar-refractivity contribution in [2.75, 3.05) is 17.4 Å². The lowest BCUT2D eigenvalue weighted by molar-refractivity contribution is -0.139. The number of benzene rings is 3. The van der Waals surface area contributed by atoms with Crippen LogP contribution in [0.1, 0.15) is 37.8 Å². The summed E-state index contributed by atoms with van der Waals surface area (Å²) in [5.41, 5.74) is 1.42. The molecule has 1 N–H and O–H groups in total. The van der Waals surface area contributed by atoms with E-state index in [4.69, 9.17) is 34.8 Å². The predicted molar refractivity (Wildman–Crippen MR) is 162 cm³/mol. The number of aryl methyl sites for hydroxylation is 1. The van der Waals surface area contributed by atoms with E-state index in [0.717, 1.165) is 17.1 Å². The van der Waals surface area contributed by atoms with Crippen molar-refractivity contribution in [3.8, 4) is 0 Å². The number of amides is 2. The smallest absolute Gasteiger partial charge is 0.264 e. The predicted octanol–water partition coefficient (Wildman–Crippen LogP) is 6.48. The number of unbranched alkanes of at least 4 members (excludes halogenated alkanes) is 1. The Hall–Kier alpha value is -2.78. The highest BCUT2D eigenvalue weighted by atomic mass is 35.5. The molecule has 11 heteroatoms. The third-order valence-electron chi connectivity index (χ3n) is 6.40. The first-order valence-corrected chi connectivity index (χ1v) is 15.4. The van der Waals surface area contributed by atoms with Gasteiger partial charge in [-0.25, -0.2) is 8.42 Å². The molecule has 2 amide bonds. The van der Waals surface area contributed by atoms with Crippen LogP contribution in [0.15, 0.2) is 71.6 Å². The van der Waals surface area contributed by atoms with Crippen molar-refractivity contribution in [3.63, 3.8) is 0 Å². The van der Waals surface area contributed by atoms with Crippen molar-refractivity contribution < 1.29 is 18.0 Å². The van der Waals surface area contributed by atoms with Gasteiger partial charge in [-0.15, -0.1) is 0 Å². The van der Waals surface area contributed by atoms with Crippen LogP contribution in [0.2, 0.25) is 15.1 Å². The van der Waals surface area contributed by atoms with Gasteiger partial charge < -0.3 is 10.2 Å². The van der Waals surface area contributed by atoms with Gasteiger partial charge in [-0.2, -0.15) is 0 Å². The fourth-order valence-corrected chi connectivity index (χ4v) is 6.16. The summed E-state index contributed by atoms with van der Waals surface area (Å²) in [6.45, 7) is 5.19. The lowest BCUT2D eigenvalue weighted by Crippen LogP contribution is -2.51. The first-order valence-electron chi connectivity index (χ1n) is 12.8. The number of sulfonamides is 1. The maximum Gasteiger partial charge on any atom is 0.264 e. The number of carbonyl (C=O) groups is 2. The number of nitrogens with one attached hydrogen (secondary N) is 1. The van der Waals surface area contributed by atoms with Crippen LogP contribution < -0.4 is 9.62 Å². The third-order valence-corrected chi connectivity index (χ3v) is 9.00. The van der Waals surface area contributed by atoms with Crippen molar-refractivity contribution in [1.82, 2.24) is 10.2 Å². The van der Waals surface area contributed by atoms with Gasteiger partial charge in [0.25, 0.3) is 10.0 Å². The van der Waals surface area contributed by atoms with Crippen LogP contribution in [0, 0.1) is 6.92 Å². The van der Waals surface area contributed by atoms with E-state index >= 15 is 0 Å². The van der Waals surface area contributed by atoms with E-state index in [9.17, 15) is 18.0 Å². The molecule has 7 nitrogen and oxygen atoms in total. The topological polar surface area (TPSA) is 86.8 Å². The lowest BCUT2D eigenvalue weighted by Gasteiger charge is -2.32. The standard InChI is InChI=1S/C29H32Cl3N3O4S/c1-4-5-15-33-29(37)21(3)34(18-22-12-14-23(30)16-26(22)32)28(36)19-35(27-17-24(31)13-11-20(27)2)40(38,39)25-9-7-6-8-10-25/h6-14,16-17,21H,4-5,15,18-19H2,1-3H3,(H,33,37). The Labute approximate surface area is 251 Å². The molecule has 0 heterocycles. The van der Waals surface area contributed by atoms with Gasteiger partial charge in [-0.05, 0) is 67.8 Å². The van der Waals surface area contributed by atoms with Gasteiger partial charge in [0.2, 0.25) is 11.8 Å². The number of hydrogen-bond acceptors (Lipinski definition) is 4. The van der Waals surface area contributed by atoms with Crippen LogP contribution in [0.25, 0.3) is 0 Å². The SMILES string of the molecule is CCCCNC(=O)C(C)N(Cc1ccc(Cl)cc1Cl)C(=O)CN(c1cc(Cl)ccc1C)S(=O)(=O)c1ccccc1. The minimum Gasteiger partial charge on any atom is -0.354 e. The Morgan fingerprint density at radius 1 is 0.950 bits per heavy atom. The quantitative estimate of drug-likeness (QED) is 0.234. The van der Waals surface area contributed by atoms with E-state index in [1.807, 2.05) is 6.92 Å². The molecule has 0 aromatic heterocycles. The molecule has 214 valence electrons. The summed E-state index contributed by atoms with van der Waals surface area (Å²) in [7, 11) is -4.19. The molecule has 0 bridgehead atoms. The Balaban J connectivity index is 2.05. The van der Waals surface area contributed by atoms with E-state index < -0.39 is 28.5 Å². The number of anilines is 1. The van der Waals surface area contributed by atoms with Crippen molar-refractivity contribution >= 4 is 62.3 Å².